The first-order chi connectivity index (χ1) is 8.04. The summed E-state index contributed by atoms with van der Waals surface area (Å²) in [6.07, 6.45) is 1.84. The third kappa shape index (κ3) is 4.20. The number of carbonyl (C=O) groups is 1. The molecule has 1 atom stereocenters. The van der Waals surface area contributed by atoms with Crippen LogP contribution in [0, 0.1) is 0 Å². The molecule has 0 aliphatic rings. The van der Waals surface area contributed by atoms with Crippen LogP contribution in [-0.2, 0) is 11.3 Å². The zero-order valence-corrected chi connectivity index (χ0v) is 10.5. The Balaban J connectivity index is 2.56. The van der Waals surface area contributed by atoms with Gasteiger partial charge in [0, 0.05) is 6.54 Å². The van der Waals surface area contributed by atoms with E-state index < -0.39 is 5.97 Å². The number of hydrogen-bond acceptors (Lipinski definition) is 5. The fourth-order valence-electron chi connectivity index (χ4n) is 1.49. The van der Waals surface area contributed by atoms with Gasteiger partial charge in [-0.3, -0.25) is 4.90 Å². The second-order valence-electron chi connectivity index (χ2n) is 4.12. The molecule has 1 N–H and O–H groups in total. The van der Waals surface area contributed by atoms with Gasteiger partial charge in [0.15, 0.2) is 0 Å². The van der Waals surface area contributed by atoms with Crippen molar-refractivity contribution in [3.63, 3.8) is 0 Å². The van der Waals surface area contributed by atoms with Gasteiger partial charge in [0.1, 0.15) is 11.3 Å². The highest BCUT2D eigenvalue weighted by Gasteiger charge is 2.16. The molecule has 0 fully saturated rings. The first-order valence-electron chi connectivity index (χ1n) is 5.56. The minimum atomic E-state index is -0.391. The second kappa shape index (κ2) is 6.42. The number of hydrogen-bond donors (Lipinski definition) is 1. The van der Waals surface area contributed by atoms with Gasteiger partial charge in [-0.25, -0.2) is 4.79 Å². The van der Waals surface area contributed by atoms with Crippen LogP contribution < -0.4 is 0 Å². The maximum atomic E-state index is 11.4. The summed E-state index contributed by atoms with van der Waals surface area (Å²) in [5.41, 5.74) is 0.455. The van der Waals surface area contributed by atoms with Crippen LogP contribution in [0.5, 0.6) is 0 Å². The van der Waals surface area contributed by atoms with Crippen LogP contribution >= 0.6 is 0 Å². The van der Waals surface area contributed by atoms with Gasteiger partial charge in [-0.05, 0) is 26.5 Å². The number of esters is 1. The normalized spacial score (nSPS) is 12.8. The zero-order chi connectivity index (χ0) is 12.8. The predicted octanol–water partition coefficient (Wildman–Crippen LogP) is 1.27. The van der Waals surface area contributed by atoms with Crippen molar-refractivity contribution in [2.24, 2.45) is 0 Å². The number of rotatable bonds is 6. The van der Waals surface area contributed by atoms with Crippen molar-refractivity contribution in [2.45, 2.75) is 26.0 Å². The first kappa shape index (κ1) is 13.7. The summed E-state index contributed by atoms with van der Waals surface area (Å²) < 4.78 is 9.92. The van der Waals surface area contributed by atoms with Crippen molar-refractivity contribution >= 4 is 5.97 Å². The largest absolute Gasteiger partial charge is 0.467 e. The lowest BCUT2D eigenvalue weighted by Gasteiger charge is -2.16. The van der Waals surface area contributed by atoms with Gasteiger partial charge in [0.2, 0.25) is 0 Å². The molecule has 0 saturated carbocycles. The highest BCUT2D eigenvalue weighted by atomic mass is 16.5. The summed E-state index contributed by atoms with van der Waals surface area (Å²) in [6.45, 7) is 3.00. The Bertz CT molecular complexity index is 359. The van der Waals surface area contributed by atoms with Crippen LogP contribution in [0.15, 0.2) is 16.7 Å². The topological polar surface area (TPSA) is 62.9 Å². The summed E-state index contributed by atoms with van der Waals surface area (Å²) in [5, 5.41) is 9.18. The molecule has 5 nitrogen and oxygen atoms in total. The van der Waals surface area contributed by atoms with E-state index in [9.17, 15) is 9.90 Å². The van der Waals surface area contributed by atoms with Gasteiger partial charge in [0.25, 0.3) is 0 Å². The molecule has 1 rings (SSSR count). The quantitative estimate of drug-likeness (QED) is 0.760. The SMILES string of the molecule is COC(=O)c1ccoc1CN(C)CCC(C)O. The van der Waals surface area contributed by atoms with Gasteiger partial charge in [-0.15, -0.1) is 0 Å². The molecule has 96 valence electrons. The Morgan fingerprint density at radius 1 is 1.65 bits per heavy atom. The van der Waals surface area contributed by atoms with E-state index in [1.54, 1.807) is 13.0 Å². The molecule has 0 aliphatic heterocycles. The summed E-state index contributed by atoms with van der Waals surface area (Å²) in [4.78, 5) is 13.4. The van der Waals surface area contributed by atoms with E-state index in [0.717, 1.165) is 6.54 Å². The number of furan rings is 1. The summed E-state index contributed by atoms with van der Waals surface area (Å²) in [6, 6.07) is 1.60. The molecule has 0 aromatic carbocycles. The molecular weight excluding hydrogens is 222 g/mol. The minimum Gasteiger partial charge on any atom is -0.467 e. The van der Waals surface area contributed by atoms with Crippen molar-refractivity contribution in [1.29, 1.82) is 0 Å². The van der Waals surface area contributed by atoms with Crippen LogP contribution in [0.25, 0.3) is 0 Å². The van der Waals surface area contributed by atoms with Crippen molar-refractivity contribution in [2.75, 3.05) is 20.7 Å². The Morgan fingerprint density at radius 2 is 2.35 bits per heavy atom. The highest BCUT2D eigenvalue weighted by molar-refractivity contribution is 5.90. The molecule has 1 heterocycles. The van der Waals surface area contributed by atoms with E-state index in [1.165, 1.54) is 13.4 Å². The number of ether oxygens (including phenoxy) is 1. The fraction of sp³-hybridized carbons (Fsp3) is 0.583. The van der Waals surface area contributed by atoms with E-state index in [1.807, 2.05) is 11.9 Å². The standard InChI is InChI=1S/C12H19NO4/c1-9(14)4-6-13(2)8-11-10(5-7-17-11)12(15)16-3/h5,7,9,14H,4,6,8H2,1-3H3. The molecule has 0 aliphatic carbocycles. The highest BCUT2D eigenvalue weighted by Crippen LogP contribution is 2.14. The Labute approximate surface area is 101 Å². The molecule has 17 heavy (non-hydrogen) atoms. The third-order valence-electron chi connectivity index (χ3n) is 2.49. The van der Waals surface area contributed by atoms with Gasteiger partial charge in [0.05, 0.1) is 26.0 Å². The van der Waals surface area contributed by atoms with E-state index in [0.29, 0.717) is 24.3 Å². The molecule has 1 aromatic rings. The maximum absolute atomic E-state index is 11.4. The molecule has 0 radical (unpaired) electrons. The van der Waals surface area contributed by atoms with Crippen molar-refractivity contribution < 1.29 is 19.1 Å². The summed E-state index contributed by atoms with van der Waals surface area (Å²) in [7, 11) is 3.25. The van der Waals surface area contributed by atoms with Crippen LogP contribution in [0.3, 0.4) is 0 Å². The number of aliphatic hydroxyl groups is 1. The van der Waals surface area contributed by atoms with Gasteiger partial charge in [-0.1, -0.05) is 0 Å². The van der Waals surface area contributed by atoms with Crippen LogP contribution in [0.2, 0.25) is 0 Å². The lowest BCUT2D eigenvalue weighted by atomic mass is 10.2. The van der Waals surface area contributed by atoms with Gasteiger partial charge in [-0.2, -0.15) is 0 Å². The number of aliphatic hydroxyl groups excluding tert-OH is 1. The average Bonchev–Trinajstić information content (AvgIpc) is 2.73. The number of nitrogens with zero attached hydrogens (tertiary/aromatic N) is 1. The van der Waals surface area contributed by atoms with Crippen molar-refractivity contribution in [3.8, 4) is 0 Å². The van der Waals surface area contributed by atoms with E-state index in [4.69, 9.17) is 4.42 Å². The van der Waals surface area contributed by atoms with E-state index >= 15 is 0 Å². The molecule has 0 bridgehead atoms. The first-order valence-corrected chi connectivity index (χ1v) is 5.56. The monoisotopic (exact) mass is 241 g/mol. The second-order valence-corrected chi connectivity index (χ2v) is 4.12. The Kier molecular flexibility index (Phi) is 5.18. The number of methoxy groups -OCH3 is 1. The van der Waals surface area contributed by atoms with Crippen LogP contribution in [0.1, 0.15) is 29.5 Å². The molecule has 0 amide bonds. The van der Waals surface area contributed by atoms with E-state index in [-0.39, 0.29) is 6.10 Å². The molecule has 5 heteroatoms. The fourth-order valence-corrected chi connectivity index (χ4v) is 1.49. The molecule has 1 unspecified atom stereocenters. The van der Waals surface area contributed by atoms with Crippen LogP contribution in [0.4, 0.5) is 0 Å². The Morgan fingerprint density at radius 3 is 2.94 bits per heavy atom. The lowest BCUT2D eigenvalue weighted by Crippen LogP contribution is -2.22. The molecular formula is C12H19NO4. The lowest BCUT2D eigenvalue weighted by molar-refractivity contribution is 0.0596. The number of carbonyl (C=O) groups excluding carboxylic acids is 1. The minimum absolute atomic E-state index is 0.325. The van der Waals surface area contributed by atoms with Crippen molar-refractivity contribution in [1.82, 2.24) is 4.90 Å². The predicted molar refractivity (Wildman–Crippen MR) is 62.7 cm³/mol. The smallest absolute Gasteiger partial charge is 0.341 e. The molecule has 1 aromatic heterocycles. The molecule has 0 spiro atoms. The summed E-state index contributed by atoms with van der Waals surface area (Å²) in [5.74, 6) is 0.197. The van der Waals surface area contributed by atoms with Gasteiger partial charge >= 0.3 is 5.97 Å². The van der Waals surface area contributed by atoms with Gasteiger partial charge < -0.3 is 14.3 Å². The van der Waals surface area contributed by atoms with E-state index in [2.05, 4.69) is 4.74 Å². The third-order valence-corrected chi connectivity index (χ3v) is 2.49. The average molecular weight is 241 g/mol. The molecule has 0 saturated heterocycles. The Hall–Kier alpha value is -1.33. The van der Waals surface area contributed by atoms with Crippen LogP contribution in [-0.4, -0.2) is 42.8 Å². The maximum Gasteiger partial charge on any atom is 0.341 e. The van der Waals surface area contributed by atoms with Crippen molar-refractivity contribution in [3.05, 3.63) is 23.7 Å². The summed E-state index contributed by atoms with van der Waals surface area (Å²) >= 11 is 0. The zero-order valence-electron chi connectivity index (χ0n) is 10.5.